The number of nitriles is 1. The highest BCUT2D eigenvalue weighted by Gasteiger charge is 2.46. The summed E-state index contributed by atoms with van der Waals surface area (Å²) in [5.74, 6) is 0.125. The van der Waals surface area contributed by atoms with Crippen molar-refractivity contribution in [3.05, 3.63) is 70.2 Å². The van der Waals surface area contributed by atoms with Crippen LogP contribution in [-0.2, 0) is 11.3 Å². The summed E-state index contributed by atoms with van der Waals surface area (Å²) in [5.41, 5.74) is 1.55. The Bertz CT molecular complexity index is 972. The summed E-state index contributed by atoms with van der Waals surface area (Å²) in [7, 11) is 0. The van der Waals surface area contributed by atoms with Crippen molar-refractivity contribution in [3.63, 3.8) is 0 Å². The second-order valence-electron chi connectivity index (χ2n) is 8.20. The lowest BCUT2D eigenvalue weighted by Crippen LogP contribution is -2.36. The minimum Gasteiger partial charge on any atom is -0.327 e. The SMILES string of the molecule is N#CN1[C@H]2CC[C@@H]1[C@H](CC(=O)CN(Cc1ccccc1)C(=O)c1cccc(Br)c1)C2. The summed E-state index contributed by atoms with van der Waals surface area (Å²) in [4.78, 5) is 29.7. The monoisotopic (exact) mass is 465 g/mol. The Kier molecular flexibility index (Phi) is 6.19. The summed E-state index contributed by atoms with van der Waals surface area (Å²) in [6.45, 7) is 0.472. The van der Waals surface area contributed by atoms with Gasteiger partial charge in [-0.25, -0.2) is 0 Å². The number of amides is 1. The predicted octanol–water partition coefficient (Wildman–Crippen LogP) is 4.38. The number of halogens is 1. The molecule has 6 heteroatoms. The highest BCUT2D eigenvalue weighted by molar-refractivity contribution is 9.10. The molecule has 0 spiro atoms. The van der Waals surface area contributed by atoms with Gasteiger partial charge in [0.15, 0.2) is 12.0 Å². The highest BCUT2D eigenvalue weighted by atomic mass is 79.9. The summed E-state index contributed by atoms with van der Waals surface area (Å²) >= 11 is 3.42. The molecule has 0 radical (unpaired) electrons. The molecule has 3 atom stereocenters. The van der Waals surface area contributed by atoms with Crippen LogP contribution in [0.15, 0.2) is 59.1 Å². The molecule has 154 valence electrons. The minimum atomic E-state index is -0.153. The first-order valence-corrected chi connectivity index (χ1v) is 11.1. The molecule has 2 fully saturated rings. The van der Waals surface area contributed by atoms with Crippen molar-refractivity contribution in [2.24, 2.45) is 5.92 Å². The summed E-state index contributed by atoms with van der Waals surface area (Å²) < 4.78 is 0.831. The maximum Gasteiger partial charge on any atom is 0.254 e. The van der Waals surface area contributed by atoms with Crippen LogP contribution in [0.1, 0.15) is 41.6 Å². The fourth-order valence-corrected chi connectivity index (χ4v) is 5.26. The lowest BCUT2D eigenvalue weighted by Gasteiger charge is -2.25. The molecule has 2 saturated heterocycles. The lowest BCUT2D eigenvalue weighted by atomic mass is 9.85. The number of ketones is 1. The molecule has 1 amide bonds. The van der Waals surface area contributed by atoms with E-state index in [0.29, 0.717) is 24.6 Å². The Labute approximate surface area is 185 Å². The molecule has 2 heterocycles. The molecule has 30 heavy (non-hydrogen) atoms. The maximum atomic E-state index is 13.2. The minimum absolute atomic E-state index is 0.0599. The topological polar surface area (TPSA) is 64.4 Å². The van der Waals surface area contributed by atoms with Gasteiger partial charge < -0.3 is 9.80 Å². The van der Waals surface area contributed by atoms with Gasteiger partial charge in [0, 0.05) is 35.1 Å². The Morgan fingerprint density at radius 3 is 2.63 bits per heavy atom. The van der Waals surface area contributed by atoms with Crippen molar-refractivity contribution >= 4 is 27.6 Å². The standard InChI is InChI=1S/C24H24BrN3O2/c25-20-8-4-7-18(11-20)24(30)27(14-17-5-2-1-3-6-17)15-22(29)13-19-12-21-9-10-23(19)28(21)16-26/h1-8,11,19,21,23H,9-10,12-15H2/t19-,21-,23+/m0/s1. The molecule has 2 aromatic carbocycles. The van der Waals surface area contributed by atoms with E-state index in [4.69, 9.17) is 0 Å². The third-order valence-corrected chi connectivity index (χ3v) is 6.71. The first-order valence-electron chi connectivity index (χ1n) is 10.3. The number of hydrogen-bond acceptors (Lipinski definition) is 4. The van der Waals surface area contributed by atoms with Gasteiger partial charge in [-0.2, -0.15) is 5.26 Å². The van der Waals surface area contributed by atoms with Crippen molar-refractivity contribution < 1.29 is 9.59 Å². The van der Waals surface area contributed by atoms with Crippen LogP contribution in [0.3, 0.4) is 0 Å². The van der Waals surface area contributed by atoms with Crippen LogP contribution < -0.4 is 0 Å². The van der Waals surface area contributed by atoms with E-state index in [1.165, 1.54) is 0 Å². The van der Waals surface area contributed by atoms with Crippen LogP contribution in [0.2, 0.25) is 0 Å². The Morgan fingerprint density at radius 1 is 1.13 bits per heavy atom. The average Bonchev–Trinajstić information content (AvgIpc) is 3.30. The number of nitrogens with zero attached hydrogens (tertiary/aromatic N) is 3. The van der Waals surface area contributed by atoms with E-state index in [0.717, 1.165) is 29.3 Å². The Balaban J connectivity index is 1.47. The number of hydrogen-bond donors (Lipinski definition) is 0. The zero-order chi connectivity index (χ0) is 21.1. The number of Topliss-reactive ketones (excluding diaryl/α,β-unsaturated/α-hetero) is 1. The molecule has 0 N–H and O–H groups in total. The van der Waals surface area contributed by atoms with Gasteiger partial charge in [0.2, 0.25) is 0 Å². The predicted molar refractivity (Wildman–Crippen MR) is 117 cm³/mol. The van der Waals surface area contributed by atoms with Gasteiger partial charge in [-0.05, 0) is 48.9 Å². The normalized spacial score (nSPS) is 22.0. The van der Waals surface area contributed by atoms with Crippen LogP contribution in [0.5, 0.6) is 0 Å². The van der Waals surface area contributed by atoms with E-state index in [1.54, 1.807) is 17.0 Å². The molecule has 0 saturated carbocycles. The number of rotatable bonds is 7. The molecule has 0 unspecified atom stereocenters. The van der Waals surface area contributed by atoms with Crippen LogP contribution in [0.25, 0.3) is 0 Å². The van der Waals surface area contributed by atoms with Gasteiger partial charge in [-0.3, -0.25) is 9.59 Å². The summed E-state index contributed by atoms with van der Waals surface area (Å²) in [6.07, 6.45) is 5.67. The fourth-order valence-electron chi connectivity index (χ4n) is 4.87. The maximum absolute atomic E-state index is 13.2. The van der Waals surface area contributed by atoms with Gasteiger partial charge in [-0.1, -0.05) is 52.3 Å². The average molecular weight is 466 g/mol. The van der Waals surface area contributed by atoms with E-state index in [9.17, 15) is 14.9 Å². The molecule has 0 aliphatic carbocycles. The number of carbonyl (C=O) groups excluding carboxylic acids is 2. The zero-order valence-corrected chi connectivity index (χ0v) is 18.3. The third kappa shape index (κ3) is 4.41. The van der Waals surface area contributed by atoms with E-state index >= 15 is 0 Å². The summed E-state index contributed by atoms with van der Waals surface area (Å²) in [5, 5.41) is 9.36. The van der Waals surface area contributed by atoms with Crippen molar-refractivity contribution in [1.82, 2.24) is 9.80 Å². The molecule has 2 aromatic rings. The second-order valence-corrected chi connectivity index (χ2v) is 9.12. The molecule has 2 aliphatic rings. The number of carbonyl (C=O) groups is 2. The van der Waals surface area contributed by atoms with E-state index in [1.807, 2.05) is 47.4 Å². The van der Waals surface area contributed by atoms with Crippen molar-refractivity contribution in [2.45, 2.75) is 44.3 Å². The largest absolute Gasteiger partial charge is 0.327 e. The molecular weight excluding hydrogens is 442 g/mol. The van der Waals surface area contributed by atoms with Crippen LogP contribution in [-0.4, -0.2) is 40.1 Å². The smallest absolute Gasteiger partial charge is 0.254 e. The number of benzene rings is 2. The molecule has 0 aromatic heterocycles. The first kappa shape index (κ1) is 20.6. The number of fused-ring (bicyclic) bond motifs is 2. The summed E-state index contributed by atoms with van der Waals surface area (Å²) in [6, 6.07) is 17.5. The molecular formula is C24H24BrN3O2. The van der Waals surface area contributed by atoms with E-state index in [-0.39, 0.29) is 30.2 Å². The van der Waals surface area contributed by atoms with Crippen LogP contribution in [0.4, 0.5) is 0 Å². The van der Waals surface area contributed by atoms with Crippen LogP contribution in [0, 0.1) is 17.4 Å². The van der Waals surface area contributed by atoms with Crippen molar-refractivity contribution in [2.75, 3.05) is 6.54 Å². The fraction of sp³-hybridized carbons (Fsp3) is 0.375. The van der Waals surface area contributed by atoms with E-state index in [2.05, 4.69) is 22.1 Å². The highest BCUT2D eigenvalue weighted by Crippen LogP contribution is 2.42. The van der Waals surface area contributed by atoms with Gasteiger partial charge >= 0.3 is 0 Å². The zero-order valence-electron chi connectivity index (χ0n) is 16.7. The van der Waals surface area contributed by atoms with E-state index < -0.39 is 0 Å². The third-order valence-electron chi connectivity index (χ3n) is 6.21. The molecule has 4 rings (SSSR count). The molecule has 5 nitrogen and oxygen atoms in total. The van der Waals surface area contributed by atoms with Gasteiger partial charge in [-0.15, -0.1) is 0 Å². The molecule has 2 aliphatic heterocycles. The Hall–Kier alpha value is -2.65. The first-order chi connectivity index (χ1) is 14.5. The Morgan fingerprint density at radius 2 is 1.93 bits per heavy atom. The van der Waals surface area contributed by atoms with Gasteiger partial charge in [0.1, 0.15) is 0 Å². The van der Waals surface area contributed by atoms with Crippen molar-refractivity contribution in [1.29, 1.82) is 5.26 Å². The van der Waals surface area contributed by atoms with Gasteiger partial charge in [0.25, 0.3) is 5.91 Å². The molecule has 2 bridgehead atoms. The van der Waals surface area contributed by atoms with Crippen LogP contribution >= 0.6 is 15.9 Å². The van der Waals surface area contributed by atoms with Gasteiger partial charge in [0.05, 0.1) is 6.54 Å². The quantitative estimate of drug-likeness (QED) is 0.568. The second kappa shape index (κ2) is 9.01. The lowest BCUT2D eigenvalue weighted by molar-refractivity contribution is -0.121. The van der Waals surface area contributed by atoms with Crippen molar-refractivity contribution in [3.8, 4) is 6.19 Å².